The number of ketones is 1. The number of anilines is 1. The third-order valence-electron chi connectivity index (χ3n) is 8.06. The van der Waals surface area contributed by atoms with E-state index < -0.39 is 10.8 Å². The maximum atomic E-state index is 12.8. The molecule has 2 fully saturated rings. The topological polar surface area (TPSA) is 89.6 Å². The first kappa shape index (κ1) is 31.6. The fourth-order valence-corrected chi connectivity index (χ4v) is 7.58. The molecule has 6 rings (SSSR count). The molecule has 2 saturated heterocycles. The van der Waals surface area contributed by atoms with E-state index in [0.29, 0.717) is 24.4 Å². The molecule has 46 heavy (non-hydrogen) atoms. The molecule has 0 saturated carbocycles. The molecule has 0 aromatic heterocycles. The zero-order valence-corrected chi connectivity index (χ0v) is 27.3. The van der Waals surface area contributed by atoms with Crippen molar-refractivity contribution in [2.75, 3.05) is 52.4 Å². The molecule has 2 heterocycles. The number of aryl methyl sites for hydroxylation is 1. The summed E-state index contributed by atoms with van der Waals surface area (Å²) in [6, 6.07) is 28.9. The number of carbonyl (C=O) groups is 2. The zero-order chi connectivity index (χ0) is 32.3. The van der Waals surface area contributed by atoms with Gasteiger partial charge in [-0.15, -0.1) is 0 Å². The second kappa shape index (κ2) is 13.6. The lowest BCUT2D eigenvalue weighted by atomic mass is 10.0. The fraction of sp³-hybridized carbons (Fsp3) is 0.278. The Morgan fingerprint density at radius 1 is 0.935 bits per heavy atom. The van der Waals surface area contributed by atoms with E-state index in [0.717, 1.165) is 51.6 Å². The minimum Gasteiger partial charge on any atom is -0.495 e. The molecule has 0 bridgehead atoms. The number of benzene rings is 4. The first-order valence-electron chi connectivity index (χ1n) is 15.2. The molecule has 9 nitrogen and oxygen atoms in total. The molecule has 0 aliphatic carbocycles. The zero-order valence-electron chi connectivity index (χ0n) is 26.5. The van der Waals surface area contributed by atoms with Gasteiger partial charge in [-0.05, 0) is 66.9 Å². The minimum absolute atomic E-state index is 0.0232. The number of hydrogen-bond acceptors (Lipinski definition) is 8. The summed E-state index contributed by atoms with van der Waals surface area (Å²) in [4.78, 5) is 29.9. The average Bonchev–Trinajstić information content (AvgIpc) is 3.48. The van der Waals surface area contributed by atoms with Gasteiger partial charge in [-0.1, -0.05) is 58.8 Å². The van der Waals surface area contributed by atoms with Gasteiger partial charge >= 0.3 is 0 Å². The molecule has 240 valence electrons. The number of carbonyl (C=O) groups excluding carboxylic acids is 2. The normalized spacial score (nSPS) is 17.9. The molecule has 2 aliphatic heterocycles. The SMILES string of the molecule is COc1ccc(-c2cccc(C(=O)N(C)C)c2)cc1S1(Nc2cccc(O[C@H]3CCN(CC(=O)c4cccc(C)c4)C3)c2)OCO1. The van der Waals surface area contributed by atoms with Crippen LogP contribution in [0.3, 0.4) is 0 Å². The Kier molecular flexibility index (Phi) is 9.32. The van der Waals surface area contributed by atoms with Crippen molar-refractivity contribution in [2.24, 2.45) is 0 Å². The first-order valence-corrected chi connectivity index (χ1v) is 16.7. The Morgan fingerprint density at radius 2 is 1.70 bits per heavy atom. The summed E-state index contributed by atoms with van der Waals surface area (Å²) < 4.78 is 27.9. The van der Waals surface area contributed by atoms with Crippen molar-refractivity contribution in [3.8, 4) is 22.6 Å². The third kappa shape index (κ3) is 6.90. The van der Waals surface area contributed by atoms with E-state index in [1.54, 1.807) is 26.1 Å². The molecule has 0 spiro atoms. The average molecular weight is 642 g/mol. The summed E-state index contributed by atoms with van der Waals surface area (Å²) in [5.74, 6) is 1.41. The Balaban J connectivity index is 1.16. The van der Waals surface area contributed by atoms with E-state index in [1.165, 1.54) is 0 Å². The van der Waals surface area contributed by atoms with Crippen LogP contribution in [0.4, 0.5) is 5.69 Å². The number of nitrogens with one attached hydrogen (secondary N) is 1. The third-order valence-corrected chi connectivity index (χ3v) is 10.3. The molecule has 4 aromatic rings. The smallest absolute Gasteiger partial charge is 0.253 e. The predicted octanol–water partition coefficient (Wildman–Crippen LogP) is 6.73. The van der Waals surface area contributed by atoms with Gasteiger partial charge in [-0.3, -0.25) is 19.2 Å². The van der Waals surface area contributed by atoms with Gasteiger partial charge in [0.2, 0.25) is 0 Å². The molecular formula is C36H39N3O6S. The van der Waals surface area contributed by atoms with E-state index in [-0.39, 0.29) is 24.6 Å². The number of nitrogens with zero attached hydrogens (tertiary/aromatic N) is 2. The molecule has 4 aromatic carbocycles. The molecule has 10 heteroatoms. The van der Waals surface area contributed by atoms with Crippen molar-refractivity contribution in [2.45, 2.75) is 24.3 Å². The minimum atomic E-state index is -2.39. The molecule has 1 N–H and O–H groups in total. The van der Waals surface area contributed by atoms with Crippen molar-refractivity contribution >= 4 is 28.2 Å². The van der Waals surface area contributed by atoms with Crippen molar-refractivity contribution in [3.05, 3.63) is 108 Å². The van der Waals surface area contributed by atoms with E-state index in [2.05, 4.69) is 9.62 Å². The van der Waals surface area contributed by atoms with Crippen LogP contribution in [0.15, 0.2) is 95.9 Å². The Bertz CT molecular complexity index is 1740. The number of Topliss-reactive ketones (excluding diaryl/α,β-unsaturated/α-hetero) is 1. The summed E-state index contributed by atoms with van der Waals surface area (Å²) in [5, 5.41) is 0. The molecule has 0 radical (unpaired) electrons. The highest BCUT2D eigenvalue weighted by Gasteiger charge is 2.36. The van der Waals surface area contributed by atoms with Crippen LogP contribution >= 0.6 is 10.8 Å². The van der Waals surface area contributed by atoms with Gasteiger partial charge in [0.15, 0.2) is 12.6 Å². The van der Waals surface area contributed by atoms with Gasteiger partial charge in [-0.2, -0.15) is 0 Å². The first-order chi connectivity index (χ1) is 22.2. The largest absolute Gasteiger partial charge is 0.495 e. The quantitative estimate of drug-likeness (QED) is 0.180. The highest BCUT2D eigenvalue weighted by molar-refractivity contribution is 8.27. The summed E-state index contributed by atoms with van der Waals surface area (Å²) in [6.45, 7) is 4.01. The van der Waals surface area contributed by atoms with E-state index in [1.807, 2.05) is 97.9 Å². The lowest BCUT2D eigenvalue weighted by molar-refractivity contribution is 0.0483. The van der Waals surface area contributed by atoms with Crippen molar-refractivity contribution in [1.82, 2.24) is 9.80 Å². The van der Waals surface area contributed by atoms with Crippen molar-refractivity contribution in [1.29, 1.82) is 0 Å². The summed E-state index contributed by atoms with van der Waals surface area (Å²) in [7, 11) is 2.71. The van der Waals surface area contributed by atoms with Crippen molar-refractivity contribution in [3.63, 3.8) is 0 Å². The monoisotopic (exact) mass is 641 g/mol. The van der Waals surface area contributed by atoms with Crippen LogP contribution in [-0.2, 0) is 8.37 Å². The molecular weight excluding hydrogens is 602 g/mol. The van der Waals surface area contributed by atoms with Gasteiger partial charge < -0.3 is 14.4 Å². The fourth-order valence-electron chi connectivity index (χ4n) is 5.67. The summed E-state index contributed by atoms with van der Waals surface area (Å²) in [5.41, 5.74) is 5.01. The van der Waals surface area contributed by atoms with Gasteiger partial charge in [0, 0.05) is 44.4 Å². The summed E-state index contributed by atoms with van der Waals surface area (Å²) >= 11 is 0. The van der Waals surface area contributed by atoms with Gasteiger partial charge in [-0.25, -0.2) is 8.37 Å². The van der Waals surface area contributed by atoms with Crippen LogP contribution in [0.1, 0.15) is 32.7 Å². The van der Waals surface area contributed by atoms with Crippen LogP contribution in [-0.4, -0.2) is 75.2 Å². The predicted molar refractivity (Wildman–Crippen MR) is 180 cm³/mol. The number of amides is 1. The Hall–Kier alpha value is -4.35. The van der Waals surface area contributed by atoms with Crippen LogP contribution in [0.5, 0.6) is 11.5 Å². The second-order valence-corrected chi connectivity index (χ2v) is 13.8. The standard InChI is InChI=1S/C36H39N3O6S/c1-25-8-5-10-28(18-25)33(40)23-39-17-16-32(22-39)45-31-13-7-12-30(21-31)37-46(43-24-44-46)35-20-27(14-15-34(35)42-4)26-9-6-11-29(19-26)36(41)38(2)3/h5-15,18-21,32,37H,16-17,22-24H2,1-4H3/t32-/m0/s1. The van der Waals surface area contributed by atoms with Gasteiger partial charge in [0.05, 0.1) is 19.3 Å². The van der Waals surface area contributed by atoms with E-state index in [9.17, 15) is 9.59 Å². The maximum Gasteiger partial charge on any atom is 0.253 e. The Labute approximate surface area is 271 Å². The molecule has 1 atom stereocenters. The van der Waals surface area contributed by atoms with Crippen LogP contribution < -0.4 is 14.2 Å². The molecule has 2 aliphatic rings. The Morgan fingerprint density at radius 3 is 2.43 bits per heavy atom. The van der Waals surface area contributed by atoms with Crippen LogP contribution in [0, 0.1) is 6.92 Å². The number of likely N-dealkylation sites (tertiary alicyclic amines) is 1. The number of methoxy groups -OCH3 is 1. The lowest BCUT2D eigenvalue weighted by Gasteiger charge is -2.50. The summed E-state index contributed by atoms with van der Waals surface area (Å²) in [6.07, 6.45) is 0.816. The van der Waals surface area contributed by atoms with E-state index in [4.69, 9.17) is 17.8 Å². The lowest BCUT2D eigenvalue weighted by Crippen LogP contribution is -2.30. The highest BCUT2D eigenvalue weighted by Crippen LogP contribution is 2.66. The van der Waals surface area contributed by atoms with Crippen LogP contribution in [0.25, 0.3) is 11.1 Å². The van der Waals surface area contributed by atoms with Crippen molar-refractivity contribution < 1.29 is 27.4 Å². The maximum absolute atomic E-state index is 12.8. The second-order valence-electron chi connectivity index (χ2n) is 11.7. The molecule has 0 unspecified atom stereocenters. The number of rotatable bonds is 11. The number of ether oxygens (including phenoxy) is 2. The van der Waals surface area contributed by atoms with E-state index >= 15 is 0 Å². The van der Waals surface area contributed by atoms with Crippen LogP contribution in [0.2, 0.25) is 0 Å². The number of hydrogen-bond donors (Lipinski definition) is 1. The molecule has 1 amide bonds. The van der Waals surface area contributed by atoms with Gasteiger partial charge in [0.25, 0.3) is 5.91 Å². The van der Waals surface area contributed by atoms with Gasteiger partial charge in [0.1, 0.15) is 22.5 Å². The highest BCUT2D eigenvalue weighted by atomic mass is 32.3.